The van der Waals surface area contributed by atoms with E-state index in [1.54, 1.807) is 0 Å². The Labute approximate surface area is 493 Å². The number of fused-ring (bicyclic) bond motifs is 12. The number of nitrogens with zero attached hydrogens (tertiary/aromatic N) is 3. The maximum absolute atomic E-state index is 2.75. The zero-order chi connectivity index (χ0) is 56.8. The molecular formula is C76H70BN3S2. The summed E-state index contributed by atoms with van der Waals surface area (Å²) in [7, 11) is 0. The number of rotatable bonds is 6. The van der Waals surface area contributed by atoms with E-state index in [1.807, 2.05) is 22.7 Å². The molecule has 0 saturated heterocycles. The normalized spacial score (nSPS) is 13.5. The third-order valence-electron chi connectivity index (χ3n) is 17.5. The standard InChI is InChI=1S/C76H70BN3S2/c1-73(2,3)48-26-33-52(34-27-48)78(53-35-28-49(29-36-53)74(4,5)6)55-39-41-61-63(45-55)79(62-42-32-51(76(10,11)12)44-59(62)47-20-14-13-15-21-47)64-46-60-56-22-16-18-24-65(56)82-72(60)69-58-40-43-67-68(57-23-17-19-25-66(57)81-67)71(58)80(77(61)70(64)69)54-37-30-50(31-38-54)75(7,8)9/h13-46H,1-12H3. The average Bonchev–Trinajstić information content (AvgIpc) is 1.43. The highest BCUT2D eigenvalue weighted by molar-refractivity contribution is 7.27. The van der Waals surface area contributed by atoms with Crippen LogP contribution in [0, 0.1) is 0 Å². The van der Waals surface area contributed by atoms with Crippen molar-refractivity contribution in [1.82, 2.24) is 0 Å². The van der Waals surface area contributed by atoms with Crippen molar-refractivity contribution < 1.29 is 0 Å². The molecule has 404 valence electrons. The molecule has 10 aromatic carbocycles. The Morgan fingerprint density at radius 3 is 1.54 bits per heavy atom. The van der Waals surface area contributed by atoms with Crippen molar-refractivity contribution >= 4 is 126 Å². The summed E-state index contributed by atoms with van der Waals surface area (Å²) < 4.78 is 5.24. The van der Waals surface area contributed by atoms with Crippen LogP contribution in [0.15, 0.2) is 206 Å². The van der Waals surface area contributed by atoms with E-state index in [-0.39, 0.29) is 28.5 Å². The Morgan fingerprint density at radius 2 is 0.927 bits per heavy atom. The SMILES string of the molecule is CC(C)(C)c1ccc(N2B3c4ccc(N(c5ccc(C(C)(C)C)cc5)c5ccc(C(C)(C)C)cc5)cc4N(c4ccc(C(C)(C)C)cc4-c4ccccc4)c4cc5c(sc6ccccc65)c(c43)-c3ccc4sc5ccccc5c4c32)cc1. The van der Waals surface area contributed by atoms with Crippen LogP contribution < -0.4 is 25.5 Å². The molecular weight excluding hydrogens is 1030 g/mol. The summed E-state index contributed by atoms with van der Waals surface area (Å²) >= 11 is 3.85. The second kappa shape index (κ2) is 18.8. The predicted octanol–water partition coefficient (Wildman–Crippen LogP) is 21.5. The molecule has 0 unspecified atom stereocenters. The third kappa shape index (κ3) is 8.50. The highest BCUT2D eigenvalue weighted by Gasteiger charge is 2.48. The zero-order valence-corrected chi connectivity index (χ0v) is 51.0. The molecule has 4 heterocycles. The molecule has 0 amide bonds. The van der Waals surface area contributed by atoms with Gasteiger partial charge in [0.15, 0.2) is 0 Å². The van der Waals surface area contributed by atoms with Crippen LogP contribution in [0.5, 0.6) is 0 Å². The molecule has 12 aromatic rings. The van der Waals surface area contributed by atoms with Crippen LogP contribution in [-0.2, 0) is 21.7 Å². The smallest absolute Gasteiger partial charge is 0.333 e. The first-order valence-corrected chi connectivity index (χ1v) is 30.8. The molecule has 0 saturated carbocycles. The molecule has 2 aliphatic rings. The average molecular weight is 1100 g/mol. The van der Waals surface area contributed by atoms with Crippen molar-refractivity contribution in [2.24, 2.45) is 0 Å². The lowest BCUT2D eigenvalue weighted by Crippen LogP contribution is -2.61. The van der Waals surface area contributed by atoms with Gasteiger partial charge in [-0.15, -0.1) is 22.7 Å². The topological polar surface area (TPSA) is 9.72 Å². The first-order valence-electron chi connectivity index (χ1n) is 29.2. The van der Waals surface area contributed by atoms with Crippen molar-refractivity contribution in [3.8, 4) is 22.3 Å². The summed E-state index contributed by atoms with van der Waals surface area (Å²) in [5.74, 6) is 0. The lowest BCUT2D eigenvalue weighted by molar-refractivity contribution is 0.590. The van der Waals surface area contributed by atoms with Crippen molar-refractivity contribution in [2.75, 3.05) is 14.6 Å². The highest BCUT2D eigenvalue weighted by Crippen LogP contribution is 2.57. The number of benzene rings is 10. The maximum atomic E-state index is 2.75. The van der Waals surface area contributed by atoms with Gasteiger partial charge in [0.25, 0.3) is 0 Å². The van der Waals surface area contributed by atoms with Gasteiger partial charge in [0.05, 0.1) is 5.69 Å². The molecule has 0 radical (unpaired) electrons. The Morgan fingerprint density at radius 1 is 0.390 bits per heavy atom. The lowest BCUT2D eigenvalue weighted by Gasteiger charge is -2.47. The fraction of sp³-hybridized carbons (Fsp3) is 0.211. The Kier molecular flexibility index (Phi) is 12.0. The minimum absolute atomic E-state index is 0.00686. The molecule has 0 aliphatic carbocycles. The molecule has 0 fully saturated rings. The fourth-order valence-corrected chi connectivity index (χ4v) is 15.4. The minimum atomic E-state index is -0.211. The Hall–Kier alpha value is -7.90. The summed E-state index contributed by atoms with van der Waals surface area (Å²) in [6.45, 7) is 27.5. The van der Waals surface area contributed by atoms with Gasteiger partial charge in [-0.25, -0.2) is 0 Å². The fourth-order valence-electron chi connectivity index (χ4n) is 13.0. The largest absolute Gasteiger partial charge is 0.376 e. The Balaban J connectivity index is 1.14. The van der Waals surface area contributed by atoms with E-state index in [0.29, 0.717) is 0 Å². The molecule has 2 aliphatic heterocycles. The molecule has 0 atom stereocenters. The van der Waals surface area contributed by atoms with Crippen LogP contribution in [0.3, 0.4) is 0 Å². The van der Waals surface area contributed by atoms with Crippen LogP contribution in [0.4, 0.5) is 45.5 Å². The van der Waals surface area contributed by atoms with Gasteiger partial charge < -0.3 is 14.6 Å². The summed E-state index contributed by atoms with van der Waals surface area (Å²) in [6, 6.07) is 79.6. The van der Waals surface area contributed by atoms with Gasteiger partial charge in [-0.3, -0.25) is 0 Å². The van der Waals surface area contributed by atoms with Gasteiger partial charge in [-0.2, -0.15) is 0 Å². The first-order chi connectivity index (χ1) is 39.2. The van der Waals surface area contributed by atoms with E-state index < -0.39 is 0 Å². The van der Waals surface area contributed by atoms with Gasteiger partial charge >= 0.3 is 6.85 Å². The number of hydrogen-bond acceptors (Lipinski definition) is 5. The van der Waals surface area contributed by atoms with E-state index in [4.69, 9.17) is 0 Å². The van der Waals surface area contributed by atoms with Crippen molar-refractivity contribution in [2.45, 2.75) is 105 Å². The minimum Gasteiger partial charge on any atom is -0.376 e. The summed E-state index contributed by atoms with van der Waals surface area (Å²) in [6.07, 6.45) is 0. The van der Waals surface area contributed by atoms with Gasteiger partial charge in [-0.1, -0.05) is 204 Å². The quantitative estimate of drug-likeness (QED) is 0.154. The lowest BCUT2D eigenvalue weighted by atomic mass is 9.43. The number of anilines is 8. The van der Waals surface area contributed by atoms with Gasteiger partial charge in [-0.05, 0) is 145 Å². The van der Waals surface area contributed by atoms with Gasteiger partial charge in [0, 0.05) is 96.8 Å². The third-order valence-corrected chi connectivity index (χ3v) is 19.8. The van der Waals surface area contributed by atoms with E-state index in [9.17, 15) is 0 Å². The second-order valence-electron chi connectivity index (χ2n) is 27.0. The first kappa shape index (κ1) is 52.2. The molecule has 2 aromatic heterocycles. The van der Waals surface area contributed by atoms with Crippen LogP contribution >= 0.6 is 22.7 Å². The Bertz CT molecular complexity index is 4430. The van der Waals surface area contributed by atoms with Gasteiger partial charge in [0.1, 0.15) is 0 Å². The molecule has 6 heteroatoms. The van der Waals surface area contributed by atoms with Crippen molar-refractivity contribution in [3.05, 3.63) is 229 Å². The predicted molar refractivity (Wildman–Crippen MR) is 361 cm³/mol. The molecule has 14 rings (SSSR count). The number of thiophene rings is 2. The maximum Gasteiger partial charge on any atom is 0.333 e. The molecule has 82 heavy (non-hydrogen) atoms. The summed E-state index contributed by atoms with van der Waals surface area (Å²) in [5, 5.41) is 5.19. The van der Waals surface area contributed by atoms with Crippen LogP contribution in [0.1, 0.15) is 105 Å². The summed E-state index contributed by atoms with van der Waals surface area (Å²) in [4.78, 5) is 7.90. The van der Waals surface area contributed by atoms with Crippen molar-refractivity contribution in [3.63, 3.8) is 0 Å². The van der Waals surface area contributed by atoms with Crippen LogP contribution in [-0.4, -0.2) is 6.85 Å². The van der Waals surface area contributed by atoms with Gasteiger partial charge in [0.2, 0.25) is 0 Å². The molecule has 0 spiro atoms. The van der Waals surface area contributed by atoms with E-state index >= 15 is 0 Å². The summed E-state index contributed by atoms with van der Waals surface area (Å²) in [5.41, 5.74) is 22.0. The second-order valence-corrected chi connectivity index (χ2v) is 29.2. The van der Waals surface area contributed by atoms with Crippen LogP contribution in [0.2, 0.25) is 0 Å². The molecule has 0 N–H and O–H groups in total. The zero-order valence-electron chi connectivity index (χ0n) is 49.4. The molecule has 0 bridgehead atoms. The number of hydrogen-bond donors (Lipinski definition) is 0. The van der Waals surface area contributed by atoms with E-state index in [2.05, 4.69) is 304 Å². The molecule has 3 nitrogen and oxygen atoms in total. The van der Waals surface area contributed by atoms with Crippen LogP contribution in [0.25, 0.3) is 62.6 Å². The highest BCUT2D eigenvalue weighted by atomic mass is 32.1. The van der Waals surface area contributed by atoms with E-state index in [0.717, 1.165) is 28.4 Å². The monoisotopic (exact) mass is 1100 g/mol. The van der Waals surface area contributed by atoms with E-state index in [1.165, 1.54) is 113 Å². The van der Waals surface area contributed by atoms with Crippen molar-refractivity contribution in [1.29, 1.82) is 0 Å².